The third kappa shape index (κ3) is 3.69. The number of nitrogens with one attached hydrogen (secondary N) is 1. The molecular formula is C10H9Cl2N3O. The van der Waals surface area contributed by atoms with Crippen LogP contribution in [0.15, 0.2) is 12.1 Å². The van der Waals surface area contributed by atoms with Crippen molar-refractivity contribution in [2.45, 2.75) is 6.92 Å². The SMILES string of the molecule is CC(C#N)CNC(=O)c1cc(Cl)nc(Cl)c1. The van der Waals surface area contributed by atoms with Gasteiger partial charge in [-0.05, 0) is 19.1 Å². The molecule has 1 aromatic heterocycles. The lowest BCUT2D eigenvalue weighted by molar-refractivity contribution is 0.0950. The van der Waals surface area contributed by atoms with E-state index in [0.717, 1.165) is 0 Å². The van der Waals surface area contributed by atoms with Gasteiger partial charge in [0.05, 0.1) is 12.0 Å². The number of rotatable bonds is 3. The van der Waals surface area contributed by atoms with E-state index in [-0.39, 0.29) is 28.7 Å². The Hall–Kier alpha value is -1.31. The van der Waals surface area contributed by atoms with Gasteiger partial charge in [-0.15, -0.1) is 0 Å². The lowest BCUT2D eigenvalue weighted by atomic mass is 10.2. The summed E-state index contributed by atoms with van der Waals surface area (Å²) < 4.78 is 0. The van der Waals surface area contributed by atoms with Crippen LogP contribution in [0.25, 0.3) is 0 Å². The Morgan fingerprint density at radius 3 is 2.62 bits per heavy atom. The van der Waals surface area contributed by atoms with E-state index in [0.29, 0.717) is 5.56 Å². The predicted molar refractivity (Wildman–Crippen MR) is 61.4 cm³/mol. The van der Waals surface area contributed by atoms with E-state index in [1.165, 1.54) is 12.1 Å². The maximum atomic E-state index is 11.6. The molecule has 1 aromatic rings. The summed E-state index contributed by atoms with van der Waals surface area (Å²) >= 11 is 11.3. The standard InChI is InChI=1S/C10H9Cl2N3O/c1-6(4-13)5-14-10(16)7-2-8(11)15-9(12)3-7/h2-3,6H,5H2,1H3,(H,14,16). The molecule has 6 heteroatoms. The molecule has 1 unspecified atom stereocenters. The smallest absolute Gasteiger partial charge is 0.251 e. The lowest BCUT2D eigenvalue weighted by Gasteiger charge is -2.06. The van der Waals surface area contributed by atoms with Crippen LogP contribution in [0.5, 0.6) is 0 Å². The van der Waals surface area contributed by atoms with E-state index in [2.05, 4.69) is 10.3 Å². The minimum absolute atomic E-state index is 0.158. The van der Waals surface area contributed by atoms with Crippen molar-refractivity contribution in [3.8, 4) is 6.07 Å². The molecule has 1 rings (SSSR count). The first-order valence-electron chi connectivity index (χ1n) is 4.54. The normalized spacial score (nSPS) is 11.6. The summed E-state index contributed by atoms with van der Waals surface area (Å²) in [4.78, 5) is 15.3. The van der Waals surface area contributed by atoms with Gasteiger partial charge in [0.2, 0.25) is 0 Å². The van der Waals surface area contributed by atoms with E-state index < -0.39 is 0 Å². The summed E-state index contributed by atoms with van der Waals surface area (Å²) in [6.45, 7) is 2.00. The van der Waals surface area contributed by atoms with Crippen LogP contribution in [0, 0.1) is 17.2 Å². The summed E-state index contributed by atoms with van der Waals surface area (Å²) in [5.41, 5.74) is 0.329. The van der Waals surface area contributed by atoms with Crippen LogP contribution in [0.4, 0.5) is 0 Å². The van der Waals surface area contributed by atoms with Crippen molar-refractivity contribution in [3.63, 3.8) is 0 Å². The topological polar surface area (TPSA) is 65.8 Å². The van der Waals surface area contributed by atoms with Crippen LogP contribution >= 0.6 is 23.2 Å². The number of pyridine rings is 1. The van der Waals surface area contributed by atoms with E-state index in [1.54, 1.807) is 6.92 Å². The monoisotopic (exact) mass is 257 g/mol. The summed E-state index contributed by atoms with van der Waals surface area (Å²) in [6.07, 6.45) is 0. The highest BCUT2D eigenvalue weighted by atomic mass is 35.5. The van der Waals surface area contributed by atoms with Gasteiger partial charge in [0.15, 0.2) is 0 Å². The molecular weight excluding hydrogens is 249 g/mol. The molecule has 1 amide bonds. The van der Waals surface area contributed by atoms with Crippen molar-refractivity contribution in [2.75, 3.05) is 6.54 Å². The van der Waals surface area contributed by atoms with Gasteiger partial charge in [0.25, 0.3) is 5.91 Å². The van der Waals surface area contributed by atoms with Gasteiger partial charge in [0, 0.05) is 12.1 Å². The lowest BCUT2D eigenvalue weighted by Crippen LogP contribution is -2.27. The maximum Gasteiger partial charge on any atom is 0.251 e. The van der Waals surface area contributed by atoms with Gasteiger partial charge in [-0.3, -0.25) is 4.79 Å². The number of carbonyl (C=O) groups is 1. The van der Waals surface area contributed by atoms with Gasteiger partial charge < -0.3 is 5.32 Å². The molecule has 0 radical (unpaired) electrons. The van der Waals surface area contributed by atoms with Crippen LogP contribution < -0.4 is 5.32 Å². The first-order valence-corrected chi connectivity index (χ1v) is 5.29. The van der Waals surface area contributed by atoms with Crippen molar-refractivity contribution < 1.29 is 4.79 Å². The van der Waals surface area contributed by atoms with Crippen LogP contribution in [0.1, 0.15) is 17.3 Å². The number of carbonyl (C=O) groups excluding carboxylic acids is 1. The Balaban J connectivity index is 2.70. The Morgan fingerprint density at radius 1 is 1.56 bits per heavy atom. The molecule has 0 aromatic carbocycles. The van der Waals surface area contributed by atoms with Crippen LogP contribution in [-0.4, -0.2) is 17.4 Å². The third-order valence-corrected chi connectivity index (χ3v) is 2.20. The predicted octanol–water partition coefficient (Wildman–Crippen LogP) is 2.28. The van der Waals surface area contributed by atoms with Crippen LogP contribution in [0.3, 0.4) is 0 Å². The fraction of sp³-hybridized carbons (Fsp3) is 0.300. The fourth-order valence-electron chi connectivity index (χ4n) is 0.989. The van der Waals surface area contributed by atoms with Gasteiger partial charge in [-0.1, -0.05) is 23.2 Å². The molecule has 0 aliphatic rings. The fourth-order valence-corrected chi connectivity index (χ4v) is 1.45. The van der Waals surface area contributed by atoms with Crippen molar-refractivity contribution >= 4 is 29.1 Å². The van der Waals surface area contributed by atoms with Gasteiger partial charge in [-0.25, -0.2) is 4.98 Å². The molecule has 1 heterocycles. The second-order valence-corrected chi connectivity index (χ2v) is 4.02. The molecule has 0 spiro atoms. The maximum absolute atomic E-state index is 11.6. The highest BCUT2D eigenvalue weighted by Crippen LogP contribution is 2.14. The van der Waals surface area contributed by atoms with E-state index in [1.807, 2.05) is 6.07 Å². The summed E-state index contributed by atoms with van der Waals surface area (Å²) in [7, 11) is 0. The Labute approximate surface area is 103 Å². The molecule has 0 fully saturated rings. The Kier molecular flexibility index (Phi) is 4.53. The number of halogens is 2. The first kappa shape index (κ1) is 12.8. The minimum Gasteiger partial charge on any atom is -0.351 e. The summed E-state index contributed by atoms with van der Waals surface area (Å²) in [5.74, 6) is -0.565. The minimum atomic E-state index is -0.326. The molecule has 1 atom stereocenters. The number of hydrogen-bond acceptors (Lipinski definition) is 3. The zero-order valence-corrected chi connectivity index (χ0v) is 10.0. The molecule has 0 saturated carbocycles. The van der Waals surface area contributed by atoms with Gasteiger partial charge >= 0.3 is 0 Å². The number of nitrogens with zero attached hydrogens (tertiary/aromatic N) is 2. The Bertz CT molecular complexity index is 422. The third-order valence-electron chi connectivity index (χ3n) is 1.81. The number of amides is 1. The first-order chi connectivity index (χ1) is 7.52. The highest BCUT2D eigenvalue weighted by Gasteiger charge is 2.09. The second kappa shape index (κ2) is 5.69. The van der Waals surface area contributed by atoms with Crippen molar-refractivity contribution in [1.29, 1.82) is 5.26 Å². The summed E-state index contributed by atoms with van der Waals surface area (Å²) in [6, 6.07) is 4.85. The van der Waals surface area contributed by atoms with E-state index in [4.69, 9.17) is 28.5 Å². The average molecular weight is 258 g/mol. The highest BCUT2D eigenvalue weighted by molar-refractivity contribution is 6.33. The number of nitriles is 1. The van der Waals surface area contributed by atoms with Crippen LogP contribution in [0.2, 0.25) is 10.3 Å². The Morgan fingerprint density at radius 2 is 2.12 bits per heavy atom. The zero-order chi connectivity index (χ0) is 12.1. The van der Waals surface area contributed by atoms with Gasteiger partial charge in [-0.2, -0.15) is 5.26 Å². The summed E-state index contributed by atoms with van der Waals surface area (Å²) in [5, 5.41) is 11.5. The quantitative estimate of drug-likeness (QED) is 0.846. The molecule has 16 heavy (non-hydrogen) atoms. The van der Waals surface area contributed by atoms with Crippen LogP contribution in [-0.2, 0) is 0 Å². The van der Waals surface area contributed by atoms with E-state index >= 15 is 0 Å². The van der Waals surface area contributed by atoms with Crippen molar-refractivity contribution in [1.82, 2.24) is 10.3 Å². The molecule has 0 aliphatic carbocycles. The van der Waals surface area contributed by atoms with E-state index in [9.17, 15) is 4.79 Å². The number of aromatic nitrogens is 1. The molecule has 4 nitrogen and oxygen atoms in total. The number of hydrogen-bond donors (Lipinski definition) is 1. The van der Waals surface area contributed by atoms with Crippen molar-refractivity contribution in [3.05, 3.63) is 28.0 Å². The molecule has 0 saturated heterocycles. The van der Waals surface area contributed by atoms with Crippen molar-refractivity contribution in [2.24, 2.45) is 5.92 Å². The zero-order valence-electron chi connectivity index (χ0n) is 8.50. The largest absolute Gasteiger partial charge is 0.351 e. The molecule has 0 aliphatic heterocycles. The van der Waals surface area contributed by atoms with Gasteiger partial charge in [0.1, 0.15) is 10.3 Å². The molecule has 0 bridgehead atoms. The molecule has 84 valence electrons. The second-order valence-electron chi connectivity index (χ2n) is 3.24. The molecule has 1 N–H and O–H groups in total. The average Bonchev–Trinajstić information content (AvgIpc) is 2.23.